The fourth-order valence-electron chi connectivity index (χ4n) is 3.30. The van der Waals surface area contributed by atoms with E-state index < -0.39 is 5.91 Å². The molecule has 3 rings (SSSR count). The molecular formula is C24H25BrN2O3S. The lowest BCUT2D eigenvalue weighted by Crippen LogP contribution is -2.22. The number of hydrogen-bond acceptors (Lipinski definition) is 4. The van der Waals surface area contributed by atoms with Crippen LogP contribution in [0.5, 0.6) is 5.75 Å². The molecule has 0 aliphatic heterocycles. The summed E-state index contributed by atoms with van der Waals surface area (Å²) in [6.45, 7) is 5.83. The molecule has 31 heavy (non-hydrogen) atoms. The Bertz CT molecular complexity index is 1090. The highest BCUT2D eigenvalue weighted by molar-refractivity contribution is 9.10. The highest BCUT2D eigenvalue weighted by atomic mass is 79.9. The number of halogens is 1. The first-order chi connectivity index (χ1) is 14.8. The minimum Gasteiger partial charge on any atom is -0.483 e. The Kier molecular flexibility index (Phi) is 7.51. The SMILES string of the molecule is Cc1c(Cc2ccccc2)sc(NC(=O)COc2ccc(Br)cc2C(C)C)c1C(N)=O. The zero-order chi connectivity index (χ0) is 22.5. The van der Waals surface area contributed by atoms with Crippen molar-refractivity contribution >= 4 is 44.1 Å². The number of nitrogens with one attached hydrogen (secondary N) is 1. The smallest absolute Gasteiger partial charge is 0.262 e. The fourth-order valence-corrected chi connectivity index (χ4v) is 4.94. The Balaban J connectivity index is 1.75. The zero-order valence-electron chi connectivity index (χ0n) is 17.7. The average Bonchev–Trinajstić information content (AvgIpc) is 3.02. The molecule has 0 bridgehead atoms. The van der Waals surface area contributed by atoms with Crippen molar-refractivity contribution in [2.24, 2.45) is 5.73 Å². The van der Waals surface area contributed by atoms with Crippen LogP contribution in [0.25, 0.3) is 0 Å². The molecule has 0 atom stereocenters. The molecule has 1 heterocycles. The first-order valence-corrected chi connectivity index (χ1v) is 11.5. The van der Waals surface area contributed by atoms with Crippen LogP contribution < -0.4 is 15.8 Å². The van der Waals surface area contributed by atoms with Crippen LogP contribution in [0.2, 0.25) is 0 Å². The Labute approximate surface area is 194 Å². The van der Waals surface area contributed by atoms with Gasteiger partial charge in [0.15, 0.2) is 6.61 Å². The lowest BCUT2D eigenvalue weighted by Gasteiger charge is -2.14. The van der Waals surface area contributed by atoms with E-state index in [1.165, 1.54) is 11.3 Å². The van der Waals surface area contributed by atoms with Crippen LogP contribution in [0.3, 0.4) is 0 Å². The second kappa shape index (κ2) is 10.1. The van der Waals surface area contributed by atoms with Crippen LogP contribution in [0, 0.1) is 6.92 Å². The summed E-state index contributed by atoms with van der Waals surface area (Å²) in [5.74, 6) is 0.0139. The van der Waals surface area contributed by atoms with Crippen molar-refractivity contribution in [1.82, 2.24) is 0 Å². The molecule has 5 nitrogen and oxygen atoms in total. The molecule has 162 valence electrons. The maximum atomic E-state index is 12.6. The number of hydrogen-bond donors (Lipinski definition) is 2. The van der Waals surface area contributed by atoms with Gasteiger partial charge in [-0.3, -0.25) is 9.59 Å². The van der Waals surface area contributed by atoms with E-state index in [0.717, 1.165) is 26.0 Å². The lowest BCUT2D eigenvalue weighted by atomic mass is 10.0. The van der Waals surface area contributed by atoms with Crippen molar-refractivity contribution in [1.29, 1.82) is 0 Å². The summed E-state index contributed by atoms with van der Waals surface area (Å²) in [6, 6.07) is 15.7. The third-order valence-corrected chi connectivity index (χ3v) is 6.61. The predicted octanol–water partition coefficient (Wildman–Crippen LogP) is 5.65. The van der Waals surface area contributed by atoms with E-state index in [9.17, 15) is 9.59 Å². The van der Waals surface area contributed by atoms with Crippen molar-refractivity contribution < 1.29 is 14.3 Å². The standard InChI is InChI=1S/C24H25BrN2O3S/c1-14(2)18-12-17(25)9-10-19(18)30-13-21(28)27-24-22(23(26)29)15(3)20(31-24)11-16-7-5-4-6-8-16/h4-10,12,14H,11,13H2,1-3H3,(H2,26,29)(H,27,28). The van der Waals surface area contributed by atoms with Gasteiger partial charge < -0.3 is 15.8 Å². The van der Waals surface area contributed by atoms with Gasteiger partial charge in [-0.25, -0.2) is 0 Å². The van der Waals surface area contributed by atoms with Crippen LogP contribution in [-0.2, 0) is 11.2 Å². The van der Waals surface area contributed by atoms with Gasteiger partial charge in [-0.05, 0) is 47.7 Å². The number of ether oxygens (including phenoxy) is 1. The normalized spacial score (nSPS) is 10.9. The fraction of sp³-hybridized carbons (Fsp3) is 0.250. The van der Waals surface area contributed by atoms with Crippen molar-refractivity contribution in [3.05, 3.63) is 80.1 Å². The van der Waals surface area contributed by atoms with Gasteiger partial charge in [-0.15, -0.1) is 11.3 Å². The largest absolute Gasteiger partial charge is 0.483 e. The third-order valence-electron chi connectivity index (χ3n) is 4.91. The first kappa shape index (κ1) is 23.0. The number of anilines is 1. The molecule has 7 heteroatoms. The van der Waals surface area contributed by atoms with Gasteiger partial charge in [0.25, 0.3) is 11.8 Å². The molecular weight excluding hydrogens is 476 g/mol. The van der Waals surface area contributed by atoms with Gasteiger partial charge >= 0.3 is 0 Å². The second-order valence-electron chi connectivity index (χ2n) is 7.55. The van der Waals surface area contributed by atoms with Gasteiger partial charge in [-0.2, -0.15) is 0 Å². The van der Waals surface area contributed by atoms with Crippen molar-refractivity contribution in [2.75, 3.05) is 11.9 Å². The van der Waals surface area contributed by atoms with Crippen molar-refractivity contribution in [3.63, 3.8) is 0 Å². The van der Waals surface area contributed by atoms with E-state index in [-0.39, 0.29) is 18.4 Å². The van der Waals surface area contributed by atoms with Gasteiger partial charge in [0.05, 0.1) is 5.56 Å². The van der Waals surface area contributed by atoms with E-state index in [0.29, 0.717) is 22.7 Å². The van der Waals surface area contributed by atoms with Crippen molar-refractivity contribution in [2.45, 2.75) is 33.1 Å². The average molecular weight is 501 g/mol. The number of carbonyl (C=O) groups is 2. The van der Waals surface area contributed by atoms with E-state index in [1.807, 2.05) is 55.5 Å². The molecule has 0 aliphatic rings. The molecule has 1 aromatic heterocycles. The number of carbonyl (C=O) groups excluding carboxylic acids is 2. The van der Waals surface area contributed by atoms with E-state index >= 15 is 0 Å². The second-order valence-corrected chi connectivity index (χ2v) is 9.58. The highest BCUT2D eigenvalue weighted by Crippen LogP contribution is 2.34. The summed E-state index contributed by atoms with van der Waals surface area (Å²) in [5, 5.41) is 3.28. The van der Waals surface area contributed by atoms with Gasteiger partial charge in [0.2, 0.25) is 0 Å². The maximum Gasteiger partial charge on any atom is 0.262 e. The Morgan fingerprint density at radius 2 is 1.87 bits per heavy atom. The minimum absolute atomic E-state index is 0.162. The first-order valence-electron chi connectivity index (χ1n) is 9.94. The molecule has 0 saturated carbocycles. The van der Waals surface area contributed by atoms with Gasteiger partial charge in [0.1, 0.15) is 10.8 Å². The van der Waals surface area contributed by atoms with Crippen LogP contribution >= 0.6 is 27.3 Å². The molecule has 0 fully saturated rings. The Hall–Kier alpha value is -2.64. The molecule has 0 aliphatic carbocycles. The van der Waals surface area contributed by atoms with Crippen LogP contribution in [-0.4, -0.2) is 18.4 Å². The Morgan fingerprint density at radius 3 is 2.52 bits per heavy atom. The van der Waals surface area contributed by atoms with E-state index in [1.54, 1.807) is 0 Å². The molecule has 0 radical (unpaired) electrons. The molecule has 3 N–H and O–H groups in total. The summed E-state index contributed by atoms with van der Waals surface area (Å²) in [5.41, 5.74) is 8.90. The molecule has 0 unspecified atom stereocenters. The van der Waals surface area contributed by atoms with Gasteiger partial charge in [0, 0.05) is 15.8 Å². The zero-order valence-corrected chi connectivity index (χ0v) is 20.1. The van der Waals surface area contributed by atoms with Gasteiger partial charge in [-0.1, -0.05) is 60.1 Å². The number of thiophene rings is 1. The van der Waals surface area contributed by atoms with E-state index in [4.69, 9.17) is 10.5 Å². The molecule has 2 amide bonds. The topological polar surface area (TPSA) is 81.4 Å². The van der Waals surface area contributed by atoms with Crippen LogP contribution in [0.1, 0.15) is 51.7 Å². The number of nitrogens with two attached hydrogens (primary N) is 1. The number of primary amides is 1. The summed E-state index contributed by atoms with van der Waals surface area (Å²) >= 11 is 4.84. The molecule has 3 aromatic rings. The Morgan fingerprint density at radius 1 is 1.16 bits per heavy atom. The number of amides is 2. The van der Waals surface area contributed by atoms with Crippen LogP contribution in [0.15, 0.2) is 53.0 Å². The quantitative estimate of drug-likeness (QED) is 0.419. The lowest BCUT2D eigenvalue weighted by molar-refractivity contribution is -0.118. The maximum absolute atomic E-state index is 12.6. The van der Waals surface area contributed by atoms with Crippen molar-refractivity contribution in [3.8, 4) is 5.75 Å². The summed E-state index contributed by atoms with van der Waals surface area (Å²) in [7, 11) is 0. The third kappa shape index (κ3) is 5.74. The number of benzene rings is 2. The van der Waals surface area contributed by atoms with Crippen LogP contribution in [0.4, 0.5) is 5.00 Å². The predicted molar refractivity (Wildman–Crippen MR) is 129 cm³/mol. The summed E-state index contributed by atoms with van der Waals surface area (Å²) < 4.78 is 6.73. The highest BCUT2D eigenvalue weighted by Gasteiger charge is 2.21. The monoisotopic (exact) mass is 500 g/mol. The summed E-state index contributed by atoms with van der Waals surface area (Å²) in [6.07, 6.45) is 0.667. The number of rotatable bonds is 8. The molecule has 0 spiro atoms. The summed E-state index contributed by atoms with van der Waals surface area (Å²) in [4.78, 5) is 25.7. The minimum atomic E-state index is -0.556. The molecule has 0 saturated heterocycles. The molecule has 2 aromatic carbocycles. The van der Waals surface area contributed by atoms with E-state index in [2.05, 4.69) is 35.1 Å².